The molecule has 0 aliphatic heterocycles. The summed E-state index contributed by atoms with van der Waals surface area (Å²) in [5, 5.41) is 8.93. The molecule has 3 N–H and O–H groups in total. The first-order valence-corrected chi connectivity index (χ1v) is 12.0. The monoisotopic (exact) mass is 502 g/mol. The van der Waals surface area contributed by atoms with Crippen molar-refractivity contribution in [1.29, 1.82) is 0 Å². The van der Waals surface area contributed by atoms with E-state index in [2.05, 4.69) is 15.6 Å². The Kier molecular flexibility index (Phi) is 6.22. The van der Waals surface area contributed by atoms with Crippen LogP contribution < -0.4 is 16.2 Å². The quantitative estimate of drug-likeness (QED) is 0.300. The summed E-state index contributed by atoms with van der Waals surface area (Å²) < 4.78 is 1.51. The molecule has 1 atom stereocenters. The molecule has 0 fully saturated rings. The number of hydrogen-bond donors (Lipinski definition) is 3. The Balaban J connectivity index is 1.35. The van der Waals surface area contributed by atoms with Gasteiger partial charge in [-0.05, 0) is 53.9 Å². The molecule has 0 aliphatic carbocycles. The molecule has 7 nitrogen and oxygen atoms in total. The van der Waals surface area contributed by atoms with Gasteiger partial charge in [0.15, 0.2) is 0 Å². The van der Waals surface area contributed by atoms with Crippen LogP contribution in [0.3, 0.4) is 0 Å². The number of nitrogens with zero attached hydrogens (tertiary/aromatic N) is 1. The number of hydrogen-bond acceptors (Lipinski definition) is 4. The van der Waals surface area contributed by atoms with E-state index < -0.39 is 6.04 Å². The van der Waals surface area contributed by atoms with Gasteiger partial charge in [-0.2, -0.15) is 0 Å². The zero-order chi connectivity index (χ0) is 24.4. The summed E-state index contributed by atoms with van der Waals surface area (Å²) in [6, 6.07) is 19.7. The minimum absolute atomic E-state index is 0.149. The van der Waals surface area contributed by atoms with Crippen molar-refractivity contribution >= 4 is 51.3 Å². The van der Waals surface area contributed by atoms with Crippen molar-refractivity contribution in [3.05, 3.63) is 116 Å². The van der Waals surface area contributed by atoms with Crippen molar-refractivity contribution in [3.63, 3.8) is 0 Å². The third-order valence-corrected chi connectivity index (χ3v) is 6.74. The predicted octanol–water partition coefficient (Wildman–Crippen LogP) is 5.14. The average molecular weight is 503 g/mol. The molecule has 0 radical (unpaired) electrons. The number of fused-ring (bicyclic) bond motifs is 1. The van der Waals surface area contributed by atoms with Gasteiger partial charge in [-0.3, -0.25) is 19.0 Å². The second kappa shape index (κ2) is 9.61. The summed E-state index contributed by atoms with van der Waals surface area (Å²) in [5.74, 6) is -0.764. The number of carbonyl (C=O) groups is 2. The molecular weight excluding hydrogens is 484 g/mol. The number of H-pyrrole nitrogens is 1. The lowest BCUT2D eigenvalue weighted by Gasteiger charge is -2.18. The van der Waals surface area contributed by atoms with Crippen LogP contribution in [-0.2, 0) is 4.79 Å². The number of rotatable bonds is 6. The normalized spacial score (nSPS) is 11.8. The summed E-state index contributed by atoms with van der Waals surface area (Å²) >= 11 is 7.50. The number of aromatic amines is 1. The lowest BCUT2D eigenvalue weighted by Crippen LogP contribution is -2.36. The van der Waals surface area contributed by atoms with Gasteiger partial charge < -0.3 is 15.6 Å². The van der Waals surface area contributed by atoms with Gasteiger partial charge in [0.2, 0.25) is 0 Å². The van der Waals surface area contributed by atoms with Crippen LogP contribution in [0.15, 0.2) is 95.4 Å². The van der Waals surface area contributed by atoms with Crippen LogP contribution in [0.4, 0.5) is 5.69 Å². The van der Waals surface area contributed by atoms with Crippen LogP contribution in [0.5, 0.6) is 0 Å². The number of carbonyl (C=O) groups excluding carboxylic acids is 2. The molecule has 0 bridgehead atoms. The molecule has 0 saturated carbocycles. The second-order valence-corrected chi connectivity index (χ2v) is 9.15. The Morgan fingerprint density at radius 1 is 1.00 bits per heavy atom. The molecule has 1 unspecified atom stereocenters. The fraction of sp³-hybridized carbons (Fsp3) is 0.0385. The highest BCUT2D eigenvalue weighted by atomic mass is 35.5. The largest absolute Gasteiger partial charge is 0.360 e. The molecule has 2 amide bonds. The Bertz CT molecular complexity index is 1570. The third kappa shape index (κ3) is 4.75. The van der Waals surface area contributed by atoms with Crippen molar-refractivity contribution in [2.75, 3.05) is 5.32 Å². The number of pyridine rings is 1. The van der Waals surface area contributed by atoms with Gasteiger partial charge in [0.1, 0.15) is 6.04 Å². The van der Waals surface area contributed by atoms with E-state index in [0.29, 0.717) is 26.8 Å². The van der Waals surface area contributed by atoms with E-state index in [-0.39, 0.29) is 17.4 Å². The van der Waals surface area contributed by atoms with Gasteiger partial charge in [0, 0.05) is 51.2 Å². The topological polar surface area (TPSA) is 96.0 Å². The maximum absolute atomic E-state index is 13.2. The number of aromatic nitrogens is 2. The standard InChI is InChI=1S/C26H19ClN4O3S/c27-20-15-28-21-14-16(6-11-19(20)21)25(33)30-24(22-4-3-13-35-22)26(34)29-17-7-9-18(10-8-17)31-12-2-1-5-23(31)32/h1-15,24,28H,(H,29,34)(H,30,33). The van der Waals surface area contributed by atoms with Crippen LogP contribution in [0.1, 0.15) is 21.3 Å². The second-order valence-electron chi connectivity index (χ2n) is 7.76. The van der Waals surface area contributed by atoms with Crippen LogP contribution in [0, 0.1) is 0 Å². The van der Waals surface area contributed by atoms with Gasteiger partial charge in [-0.15, -0.1) is 11.3 Å². The Morgan fingerprint density at radius 2 is 1.83 bits per heavy atom. The van der Waals surface area contributed by atoms with Gasteiger partial charge in [-0.1, -0.05) is 29.8 Å². The lowest BCUT2D eigenvalue weighted by molar-refractivity contribution is -0.118. The SMILES string of the molecule is O=C(NC(C(=O)Nc1ccc(-n2ccccc2=O)cc1)c1cccs1)c1ccc2c(Cl)c[nH]c2c1. The van der Waals surface area contributed by atoms with Crippen molar-refractivity contribution < 1.29 is 9.59 Å². The average Bonchev–Trinajstić information content (AvgIpc) is 3.53. The molecule has 0 aliphatic rings. The first-order valence-electron chi connectivity index (χ1n) is 10.7. The van der Waals surface area contributed by atoms with E-state index >= 15 is 0 Å². The summed E-state index contributed by atoms with van der Waals surface area (Å²) in [6.07, 6.45) is 3.34. The Labute approximate surface area is 209 Å². The van der Waals surface area contributed by atoms with Crippen molar-refractivity contribution in [1.82, 2.24) is 14.9 Å². The fourth-order valence-electron chi connectivity index (χ4n) is 3.73. The minimum atomic E-state index is -0.887. The zero-order valence-electron chi connectivity index (χ0n) is 18.2. The highest BCUT2D eigenvalue weighted by Gasteiger charge is 2.25. The number of amides is 2. The van der Waals surface area contributed by atoms with E-state index in [9.17, 15) is 14.4 Å². The van der Waals surface area contributed by atoms with E-state index in [1.807, 2.05) is 11.4 Å². The Hall–Kier alpha value is -4.14. The van der Waals surface area contributed by atoms with Crippen LogP contribution >= 0.6 is 22.9 Å². The van der Waals surface area contributed by atoms with Crippen LogP contribution in [-0.4, -0.2) is 21.4 Å². The number of benzene rings is 2. The minimum Gasteiger partial charge on any atom is -0.360 e. The number of anilines is 1. The molecule has 5 aromatic rings. The van der Waals surface area contributed by atoms with Gasteiger partial charge >= 0.3 is 0 Å². The van der Waals surface area contributed by atoms with Crippen LogP contribution in [0.2, 0.25) is 5.02 Å². The number of halogens is 1. The summed E-state index contributed by atoms with van der Waals surface area (Å²) in [7, 11) is 0. The molecule has 35 heavy (non-hydrogen) atoms. The summed E-state index contributed by atoms with van der Waals surface area (Å²) in [4.78, 5) is 42.0. The van der Waals surface area contributed by atoms with Crippen molar-refractivity contribution in [2.45, 2.75) is 6.04 Å². The van der Waals surface area contributed by atoms with Crippen LogP contribution in [0.25, 0.3) is 16.6 Å². The smallest absolute Gasteiger partial charge is 0.255 e. The molecule has 9 heteroatoms. The Morgan fingerprint density at radius 3 is 2.57 bits per heavy atom. The molecule has 5 rings (SSSR count). The first-order chi connectivity index (χ1) is 17.0. The predicted molar refractivity (Wildman–Crippen MR) is 139 cm³/mol. The van der Waals surface area contributed by atoms with Gasteiger partial charge in [0.25, 0.3) is 17.4 Å². The molecule has 2 aromatic carbocycles. The number of nitrogens with one attached hydrogen (secondary N) is 3. The highest BCUT2D eigenvalue weighted by Crippen LogP contribution is 2.25. The highest BCUT2D eigenvalue weighted by molar-refractivity contribution is 7.10. The lowest BCUT2D eigenvalue weighted by atomic mass is 10.1. The summed E-state index contributed by atoms with van der Waals surface area (Å²) in [6.45, 7) is 0. The molecule has 174 valence electrons. The van der Waals surface area contributed by atoms with E-state index in [0.717, 1.165) is 10.9 Å². The fourth-order valence-corrected chi connectivity index (χ4v) is 4.72. The van der Waals surface area contributed by atoms with E-state index in [4.69, 9.17) is 11.6 Å². The molecule has 0 saturated heterocycles. The zero-order valence-corrected chi connectivity index (χ0v) is 19.8. The van der Waals surface area contributed by atoms with Gasteiger partial charge in [0.05, 0.1) is 5.02 Å². The van der Waals surface area contributed by atoms with E-state index in [1.165, 1.54) is 22.0 Å². The molecule has 3 aromatic heterocycles. The van der Waals surface area contributed by atoms with Gasteiger partial charge in [-0.25, -0.2) is 0 Å². The maximum atomic E-state index is 13.2. The van der Waals surface area contributed by atoms with E-state index in [1.54, 1.807) is 73.1 Å². The summed E-state index contributed by atoms with van der Waals surface area (Å²) in [5.41, 5.74) is 2.21. The van der Waals surface area contributed by atoms with Crippen molar-refractivity contribution in [2.24, 2.45) is 0 Å². The third-order valence-electron chi connectivity index (χ3n) is 5.49. The molecule has 3 heterocycles. The maximum Gasteiger partial charge on any atom is 0.255 e. The van der Waals surface area contributed by atoms with Crippen molar-refractivity contribution in [3.8, 4) is 5.69 Å². The number of thiophene rings is 1. The first kappa shape index (κ1) is 22.6. The molecule has 0 spiro atoms. The molecular formula is C26H19ClN4O3S.